The van der Waals surface area contributed by atoms with Gasteiger partial charge >= 0.3 is 0 Å². The molecule has 0 saturated carbocycles. The molecule has 94 valence electrons. The first-order valence-electron chi connectivity index (χ1n) is 5.17. The minimum atomic E-state index is -2.97. The van der Waals surface area contributed by atoms with E-state index >= 15 is 0 Å². The number of aliphatic imine (C=N–C) groups is 1. The van der Waals surface area contributed by atoms with E-state index in [2.05, 4.69) is 4.99 Å². The third-order valence-corrected chi connectivity index (χ3v) is 4.33. The molecule has 0 saturated heterocycles. The van der Waals surface area contributed by atoms with Gasteiger partial charge < -0.3 is 10.5 Å². The fourth-order valence-corrected chi connectivity index (χ4v) is 3.02. The summed E-state index contributed by atoms with van der Waals surface area (Å²) >= 11 is 1.47. The Morgan fingerprint density at radius 1 is 1.65 bits per heavy atom. The highest BCUT2D eigenvalue weighted by Gasteiger charge is 2.20. The summed E-state index contributed by atoms with van der Waals surface area (Å²) in [4.78, 5) is 5.13. The molecule has 2 heterocycles. The van der Waals surface area contributed by atoms with Gasteiger partial charge in [0.05, 0.1) is 11.8 Å². The second kappa shape index (κ2) is 4.66. The van der Waals surface area contributed by atoms with Crippen molar-refractivity contribution in [2.24, 2.45) is 10.7 Å². The quantitative estimate of drug-likeness (QED) is 0.877. The number of sulfone groups is 1. The summed E-state index contributed by atoms with van der Waals surface area (Å²) < 4.78 is 27.7. The van der Waals surface area contributed by atoms with Crippen molar-refractivity contribution in [3.63, 3.8) is 0 Å². The fourth-order valence-electron chi connectivity index (χ4n) is 1.57. The molecule has 1 aliphatic rings. The number of hydrogen-bond donors (Lipinski definition) is 1. The van der Waals surface area contributed by atoms with Gasteiger partial charge in [0, 0.05) is 6.26 Å². The molecule has 2 rings (SSSR count). The Kier molecular flexibility index (Phi) is 3.39. The van der Waals surface area contributed by atoms with Crippen LogP contribution in [-0.4, -0.2) is 38.9 Å². The van der Waals surface area contributed by atoms with Crippen LogP contribution in [-0.2, 0) is 9.84 Å². The van der Waals surface area contributed by atoms with Crippen LogP contribution in [0, 0.1) is 0 Å². The Morgan fingerprint density at radius 2 is 2.41 bits per heavy atom. The Balaban J connectivity index is 2.09. The lowest BCUT2D eigenvalue weighted by molar-refractivity contribution is 0.291. The number of ether oxygens (including phenoxy) is 1. The lowest BCUT2D eigenvalue weighted by Crippen LogP contribution is -2.21. The molecule has 7 heteroatoms. The molecule has 17 heavy (non-hydrogen) atoms. The van der Waals surface area contributed by atoms with Gasteiger partial charge in [-0.15, -0.1) is 11.3 Å². The SMILES string of the molecule is CS(=O)(=O)CCC1COc2ccsc2C(N)=N1. The average Bonchev–Trinajstić information content (AvgIpc) is 2.63. The van der Waals surface area contributed by atoms with E-state index in [9.17, 15) is 8.42 Å². The van der Waals surface area contributed by atoms with Crippen LogP contribution < -0.4 is 10.5 Å². The first-order valence-corrected chi connectivity index (χ1v) is 8.11. The van der Waals surface area contributed by atoms with Gasteiger partial charge in [-0.1, -0.05) is 0 Å². The molecule has 0 fully saturated rings. The van der Waals surface area contributed by atoms with Crippen molar-refractivity contribution >= 4 is 27.0 Å². The number of rotatable bonds is 3. The highest BCUT2D eigenvalue weighted by Crippen LogP contribution is 2.27. The monoisotopic (exact) mass is 274 g/mol. The van der Waals surface area contributed by atoms with E-state index in [0.717, 1.165) is 10.6 Å². The van der Waals surface area contributed by atoms with Crippen molar-refractivity contribution in [2.45, 2.75) is 12.5 Å². The number of nitrogens with two attached hydrogens (primary N) is 1. The summed E-state index contributed by atoms with van der Waals surface area (Å²) in [5.41, 5.74) is 5.85. The maximum Gasteiger partial charge on any atom is 0.147 e. The Hall–Kier alpha value is -1.08. The van der Waals surface area contributed by atoms with Gasteiger partial charge in [0.2, 0.25) is 0 Å². The molecule has 1 aromatic heterocycles. The predicted molar refractivity (Wildman–Crippen MR) is 68.7 cm³/mol. The van der Waals surface area contributed by atoms with Gasteiger partial charge in [-0.2, -0.15) is 0 Å². The number of thiophene rings is 1. The van der Waals surface area contributed by atoms with E-state index < -0.39 is 9.84 Å². The predicted octanol–water partition coefficient (Wildman–Crippen LogP) is 0.649. The number of hydrogen-bond acceptors (Lipinski definition) is 6. The molecular formula is C10H14N2O3S2. The van der Waals surface area contributed by atoms with Gasteiger partial charge in [-0.25, -0.2) is 8.42 Å². The van der Waals surface area contributed by atoms with E-state index in [1.165, 1.54) is 17.6 Å². The fraction of sp³-hybridized carbons (Fsp3) is 0.500. The molecule has 0 amide bonds. The van der Waals surface area contributed by atoms with Gasteiger partial charge in [-0.3, -0.25) is 4.99 Å². The largest absolute Gasteiger partial charge is 0.490 e. The Morgan fingerprint density at radius 3 is 3.12 bits per heavy atom. The lowest BCUT2D eigenvalue weighted by Gasteiger charge is -2.10. The molecule has 0 aliphatic carbocycles. The summed E-state index contributed by atoms with van der Waals surface area (Å²) in [6.07, 6.45) is 1.66. The van der Waals surface area contributed by atoms with E-state index in [1.54, 1.807) is 0 Å². The smallest absolute Gasteiger partial charge is 0.147 e. The minimum Gasteiger partial charge on any atom is -0.490 e. The molecule has 0 spiro atoms. The molecule has 2 N–H and O–H groups in total. The summed E-state index contributed by atoms with van der Waals surface area (Å²) in [6, 6.07) is 1.66. The first kappa shape index (κ1) is 12.4. The van der Waals surface area contributed by atoms with Crippen molar-refractivity contribution in [2.75, 3.05) is 18.6 Å². The van der Waals surface area contributed by atoms with Crippen molar-refractivity contribution in [1.82, 2.24) is 0 Å². The van der Waals surface area contributed by atoms with E-state index in [-0.39, 0.29) is 11.8 Å². The van der Waals surface area contributed by atoms with E-state index in [1.807, 2.05) is 11.4 Å². The van der Waals surface area contributed by atoms with E-state index in [4.69, 9.17) is 10.5 Å². The Labute approximate surface area is 104 Å². The molecule has 0 aromatic carbocycles. The number of amidine groups is 1. The lowest BCUT2D eigenvalue weighted by atomic mass is 10.2. The summed E-state index contributed by atoms with van der Waals surface area (Å²) in [5.74, 6) is 1.27. The third kappa shape index (κ3) is 3.19. The van der Waals surface area contributed by atoms with Gasteiger partial charge in [0.15, 0.2) is 0 Å². The maximum absolute atomic E-state index is 11.1. The maximum atomic E-state index is 11.1. The molecule has 1 aromatic rings. The van der Waals surface area contributed by atoms with Crippen LogP contribution in [0.1, 0.15) is 11.3 Å². The third-order valence-electron chi connectivity index (χ3n) is 2.44. The normalized spacial score (nSPS) is 20.1. The second-order valence-corrected chi connectivity index (χ2v) is 7.19. The molecule has 1 aliphatic heterocycles. The van der Waals surface area contributed by atoms with Crippen LogP contribution in [0.3, 0.4) is 0 Å². The van der Waals surface area contributed by atoms with Crippen LogP contribution in [0.15, 0.2) is 16.4 Å². The zero-order valence-electron chi connectivity index (χ0n) is 9.42. The zero-order valence-corrected chi connectivity index (χ0v) is 11.1. The van der Waals surface area contributed by atoms with Crippen LogP contribution in [0.4, 0.5) is 0 Å². The van der Waals surface area contributed by atoms with Crippen molar-refractivity contribution in [3.8, 4) is 5.75 Å². The van der Waals surface area contributed by atoms with Gasteiger partial charge in [0.1, 0.15) is 32.9 Å². The average molecular weight is 274 g/mol. The zero-order chi connectivity index (χ0) is 12.5. The minimum absolute atomic E-state index is 0.103. The first-order chi connectivity index (χ1) is 7.96. The standard InChI is InChI=1S/C10H14N2O3S2/c1-17(13,14)5-3-7-6-15-8-2-4-16-9(8)10(11)12-7/h2,4,7H,3,5-6H2,1H3,(H2,11,12). The highest BCUT2D eigenvalue weighted by atomic mass is 32.2. The summed E-state index contributed by atoms with van der Waals surface area (Å²) in [7, 11) is -2.97. The van der Waals surface area contributed by atoms with E-state index in [0.29, 0.717) is 18.9 Å². The van der Waals surface area contributed by atoms with Crippen LogP contribution in [0.5, 0.6) is 5.75 Å². The Bertz CT molecular complexity index is 534. The van der Waals surface area contributed by atoms with Gasteiger partial charge in [0.25, 0.3) is 0 Å². The molecule has 0 bridgehead atoms. The number of nitrogens with zero attached hydrogens (tertiary/aromatic N) is 1. The van der Waals surface area contributed by atoms with Crippen LogP contribution in [0.2, 0.25) is 0 Å². The highest BCUT2D eigenvalue weighted by molar-refractivity contribution is 7.90. The molecule has 1 atom stereocenters. The summed E-state index contributed by atoms with van der Waals surface area (Å²) in [5, 5.41) is 1.89. The van der Waals surface area contributed by atoms with Crippen LogP contribution in [0.25, 0.3) is 0 Å². The molecule has 1 unspecified atom stereocenters. The molecule has 5 nitrogen and oxygen atoms in total. The van der Waals surface area contributed by atoms with Gasteiger partial charge in [-0.05, 0) is 17.9 Å². The second-order valence-electron chi connectivity index (χ2n) is 4.01. The van der Waals surface area contributed by atoms with Crippen molar-refractivity contribution in [3.05, 3.63) is 16.3 Å². The van der Waals surface area contributed by atoms with Crippen molar-refractivity contribution in [1.29, 1.82) is 0 Å². The topological polar surface area (TPSA) is 81.8 Å². The molecule has 0 radical (unpaired) electrons. The van der Waals surface area contributed by atoms with Crippen LogP contribution >= 0.6 is 11.3 Å². The van der Waals surface area contributed by atoms with Crippen molar-refractivity contribution < 1.29 is 13.2 Å². The molecular weight excluding hydrogens is 260 g/mol. The number of fused-ring (bicyclic) bond motifs is 1. The summed E-state index contributed by atoms with van der Waals surface area (Å²) in [6.45, 7) is 0.375.